The number of hydrogen-bond donors (Lipinski definition) is 0. The van der Waals surface area contributed by atoms with Crippen LogP contribution in [0.1, 0.15) is 0 Å². The fourth-order valence-electron chi connectivity index (χ4n) is 13.5. The first kappa shape index (κ1) is 53.6. The molecule has 0 amide bonds. The molecule has 0 saturated carbocycles. The smallest absolute Gasteiger partial charge is 0.0540 e. The summed E-state index contributed by atoms with van der Waals surface area (Å²) in [5, 5.41) is 7.15. The Kier molecular flexibility index (Phi) is 14.0. The van der Waals surface area contributed by atoms with Gasteiger partial charge in [-0.05, 0) is 183 Å². The van der Waals surface area contributed by atoms with E-state index in [-0.39, 0.29) is 0 Å². The van der Waals surface area contributed by atoms with Crippen LogP contribution in [0.2, 0.25) is 0 Å². The largest absolute Gasteiger partial charge is 0.310 e. The van der Waals surface area contributed by atoms with Gasteiger partial charge in [-0.1, -0.05) is 291 Å². The lowest BCUT2D eigenvalue weighted by Gasteiger charge is -2.30. The minimum absolute atomic E-state index is 1.06. The second-order valence-corrected chi connectivity index (χ2v) is 23.2. The highest BCUT2D eigenvalue weighted by Crippen LogP contribution is 2.50. The van der Waals surface area contributed by atoms with E-state index in [1.807, 2.05) is 0 Å². The lowest BCUT2D eigenvalue weighted by Crippen LogP contribution is -2.12. The number of hydrogen-bond acceptors (Lipinski definition) is 2. The molecule has 16 aromatic rings. The predicted octanol–water partition coefficient (Wildman–Crippen LogP) is 24.9. The van der Waals surface area contributed by atoms with E-state index in [9.17, 15) is 0 Å². The molecule has 422 valence electrons. The van der Waals surface area contributed by atoms with E-state index in [1.165, 1.54) is 54.9 Å². The summed E-state index contributed by atoms with van der Waals surface area (Å²) in [6, 6.07) is 133. The van der Waals surface area contributed by atoms with Crippen LogP contribution < -0.4 is 9.80 Å². The zero-order chi connectivity index (χ0) is 59.7. The third-order valence-corrected chi connectivity index (χ3v) is 17.8. The van der Waals surface area contributed by atoms with Gasteiger partial charge >= 0.3 is 0 Å². The quantitative estimate of drug-likeness (QED) is 0.100. The summed E-state index contributed by atoms with van der Waals surface area (Å²) in [7, 11) is 0. The highest BCUT2D eigenvalue weighted by molar-refractivity contribution is 6.28. The molecule has 0 unspecified atom stereocenters. The fraction of sp³-hybridized carbons (Fsp3) is 0. The molecule has 90 heavy (non-hydrogen) atoms. The van der Waals surface area contributed by atoms with Crippen molar-refractivity contribution >= 4 is 66.4 Å². The van der Waals surface area contributed by atoms with Crippen LogP contribution in [0.5, 0.6) is 0 Å². The van der Waals surface area contributed by atoms with Gasteiger partial charge in [0.05, 0.1) is 11.4 Å². The highest BCUT2D eigenvalue weighted by atomic mass is 15.2. The Morgan fingerprint density at radius 2 is 0.400 bits per heavy atom. The molecule has 0 spiro atoms. The number of benzene rings is 16. The van der Waals surface area contributed by atoms with Gasteiger partial charge in [-0.3, -0.25) is 0 Å². The molecule has 2 nitrogen and oxygen atoms in total. The monoisotopic (exact) mass is 1140 g/mol. The van der Waals surface area contributed by atoms with Gasteiger partial charge in [0.2, 0.25) is 0 Å². The van der Waals surface area contributed by atoms with Crippen LogP contribution in [0.15, 0.2) is 364 Å². The molecule has 16 aromatic carbocycles. The number of nitrogens with zero attached hydrogens (tertiary/aromatic N) is 2. The Morgan fingerprint density at radius 1 is 0.156 bits per heavy atom. The molecule has 0 saturated heterocycles. The van der Waals surface area contributed by atoms with Gasteiger partial charge in [0.1, 0.15) is 0 Å². The third kappa shape index (κ3) is 10.1. The zero-order valence-electron chi connectivity index (χ0n) is 49.5. The number of anilines is 6. The minimum Gasteiger partial charge on any atom is -0.310 e. The highest BCUT2D eigenvalue weighted by Gasteiger charge is 2.25. The second kappa shape index (κ2) is 23.4. The van der Waals surface area contributed by atoms with Crippen LogP contribution >= 0.6 is 0 Å². The molecule has 0 aliphatic rings. The first-order valence-electron chi connectivity index (χ1n) is 31.0. The van der Waals surface area contributed by atoms with E-state index >= 15 is 0 Å². The van der Waals surface area contributed by atoms with Gasteiger partial charge in [0.25, 0.3) is 0 Å². The van der Waals surface area contributed by atoms with Gasteiger partial charge in [-0.15, -0.1) is 0 Å². The summed E-state index contributed by atoms with van der Waals surface area (Å²) in [6.45, 7) is 0. The average Bonchev–Trinajstić information content (AvgIpc) is 0.827. The lowest BCUT2D eigenvalue weighted by atomic mass is 9.91. The van der Waals surface area contributed by atoms with Crippen LogP contribution in [0, 0.1) is 0 Å². The SMILES string of the molecule is c1ccc(-c2cc(-c3ccccc3)cc(N(c3ccc(-c4ccccc4-c4ccccc4)cc3)c3ccc4ccc5c(N(c6ccc(-c7ccccc7-c7ccccc7)cc6)c6cc(-c7ccccc7)cc(-c7ccccc7)c6)ccc6ccc3c4c65)c2)cc1. The standard InChI is InChI=1S/C88H60N2/c1-7-23-61(24-8-1)71-55-72(62-25-9-2-10-26-62)58-77(57-71)89(75-47-39-67(40-48-75)81-37-21-19-35-79(81)65-31-15-5-16-32-65)85-53-45-69-44-52-84-86(54-46-70-43-51-83(85)87(69)88(70)84)90(76-49-41-68(42-50-76)82-38-22-20-36-80(82)66-33-17-6-18-34-66)78-59-73(63-27-11-3-12-28-63)56-74(60-78)64-29-13-4-14-30-64/h1-60H. The first-order valence-corrected chi connectivity index (χ1v) is 31.0. The van der Waals surface area contributed by atoms with Crippen LogP contribution in [-0.2, 0) is 0 Å². The lowest BCUT2D eigenvalue weighted by molar-refractivity contribution is 1.30. The van der Waals surface area contributed by atoms with E-state index in [0.717, 1.165) is 101 Å². The summed E-state index contributed by atoms with van der Waals surface area (Å²) in [4.78, 5) is 4.98. The van der Waals surface area contributed by atoms with E-state index in [1.54, 1.807) is 0 Å². The van der Waals surface area contributed by atoms with Crippen LogP contribution in [0.25, 0.3) is 121 Å². The van der Waals surface area contributed by atoms with Gasteiger partial charge in [0.15, 0.2) is 0 Å². The summed E-state index contributed by atoms with van der Waals surface area (Å²) >= 11 is 0. The predicted molar refractivity (Wildman–Crippen MR) is 383 cm³/mol. The van der Waals surface area contributed by atoms with Crippen LogP contribution in [-0.4, -0.2) is 0 Å². The normalized spacial score (nSPS) is 11.3. The summed E-state index contributed by atoms with van der Waals surface area (Å²) in [5.41, 5.74) is 25.2. The molecule has 0 aliphatic heterocycles. The van der Waals surface area contributed by atoms with Crippen LogP contribution in [0.3, 0.4) is 0 Å². The van der Waals surface area contributed by atoms with Crippen LogP contribution in [0.4, 0.5) is 34.1 Å². The van der Waals surface area contributed by atoms with Gasteiger partial charge in [-0.25, -0.2) is 0 Å². The van der Waals surface area contributed by atoms with Crippen molar-refractivity contribution in [3.63, 3.8) is 0 Å². The molecule has 0 N–H and O–H groups in total. The summed E-state index contributed by atoms with van der Waals surface area (Å²) in [5.74, 6) is 0. The Bertz CT molecular complexity index is 4740. The van der Waals surface area contributed by atoms with E-state index in [0.29, 0.717) is 0 Å². The topological polar surface area (TPSA) is 6.48 Å². The third-order valence-electron chi connectivity index (χ3n) is 17.8. The summed E-state index contributed by atoms with van der Waals surface area (Å²) < 4.78 is 0. The van der Waals surface area contributed by atoms with Crippen molar-refractivity contribution < 1.29 is 0 Å². The van der Waals surface area contributed by atoms with E-state index in [2.05, 4.69) is 374 Å². The van der Waals surface area contributed by atoms with E-state index in [4.69, 9.17) is 0 Å². The Balaban J connectivity index is 0.912. The average molecular weight is 1150 g/mol. The van der Waals surface area contributed by atoms with Gasteiger partial charge < -0.3 is 9.80 Å². The molecular formula is C88H60N2. The molecule has 0 atom stereocenters. The molecule has 0 radical (unpaired) electrons. The van der Waals surface area contributed by atoms with Crippen molar-refractivity contribution in [3.8, 4) is 89.0 Å². The molecule has 0 fully saturated rings. The molecule has 0 bridgehead atoms. The van der Waals surface area contributed by atoms with Crippen molar-refractivity contribution in [2.24, 2.45) is 0 Å². The molecule has 0 heterocycles. The zero-order valence-corrected chi connectivity index (χ0v) is 49.5. The van der Waals surface area contributed by atoms with Crippen molar-refractivity contribution in [2.75, 3.05) is 9.80 Å². The Morgan fingerprint density at radius 3 is 0.689 bits per heavy atom. The molecular weight excluding hydrogens is 1080 g/mol. The number of rotatable bonds is 14. The fourth-order valence-corrected chi connectivity index (χ4v) is 13.5. The minimum atomic E-state index is 1.06. The summed E-state index contributed by atoms with van der Waals surface area (Å²) in [6.07, 6.45) is 0. The Labute approximate surface area is 526 Å². The van der Waals surface area contributed by atoms with Gasteiger partial charge in [-0.2, -0.15) is 0 Å². The van der Waals surface area contributed by atoms with Crippen molar-refractivity contribution in [1.82, 2.24) is 0 Å². The van der Waals surface area contributed by atoms with Crippen molar-refractivity contribution in [2.45, 2.75) is 0 Å². The molecule has 0 aromatic heterocycles. The second-order valence-electron chi connectivity index (χ2n) is 23.2. The Hall–Kier alpha value is -11.8. The maximum Gasteiger partial charge on any atom is 0.0540 e. The first-order chi connectivity index (χ1) is 44.6. The molecule has 0 aliphatic carbocycles. The molecule has 16 rings (SSSR count). The van der Waals surface area contributed by atoms with Gasteiger partial charge in [0, 0.05) is 33.5 Å². The maximum absolute atomic E-state index is 2.49. The maximum atomic E-state index is 2.49. The van der Waals surface area contributed by atoms with E-state index < -0.39 is 0 Å². The van der Waals surface area contributed by atoms with Crippen molar-refractivity contribution in [3.05, 3.63) is 364 Å². The van der Waals surface area contributed by atoms with Crippen molar-refractivity contribution in [1.29, 1.82) is 0 Å². The molecule has 2 heteroatoms.